The molecule has 0 saturated carbocycles. The zero-order valence-corrected chi connectivity index (χ0v) is 21.9. The number of nitrogens with zero attached hydrogens (tertiary/aromatic N) is 4. The molecule has 1 aromatic heterocycles. The summed E-state index contributed by atoms with van der Waals surface area (Å²) in [5.74, 6) is 1.27. The molecule has 200 valence electrons. The summed E-state index contributed by atoms with van der Waals surface area (Å²) in [5, 5.41) is 15.5. The van der Waals surface area contributed by atoms with Crippen molar-refractivity contribution in [2.75, 3.05) is 49.7 Å². The number of hydrogen-bond acceptors (Lipinski definition) is 8. The number of morpholine rings is 1. The van der Waals surface area contributed by atoms with E-state index < -0.39 is 5.60 Å². The predicted octanol–water partition coefficient (Wildman–Crippen LogP) is 2.78. The van der Waals surface area contributed by atoms with Gasteiger partial charge in [0, 0.05) is 36.4 Å². The van der Waals surface area contributed by atoms with Crippen molar-refractivity contribution in [3.05, 3.63) is 35.5 Å². The van der Waals surface area contributed by atoms with Gasteiger partial charge in [-0.2, -0.15) is 0 Å². The first-order valence-electron chi connectivity index (χ1n) is 12.7. The molecule has 11 nitrogen and oxygen atoms in total. The van der Waals surface area contributed by atoms with Crippen LogP contribution in [0.15, 0.2) is 24.3 Å². The highest BCUT2D eigenvalue weighted by Crippen LogP contribution is 2.32. The third-order valence-corrected chi connectivity index (χ3v) is 6.14. The van der Waals surface area contributed by atoms with Crippen LogP contribution in [-0.2, 0) is 22.4 Å². The number of rotatable bonds is 5. The van der Waals surface area contributed by atoms with Gasteiger partial charge in [0.1, 0.15) is 11.4 Å². The molecule has 2 aliphatic rings. The van der Waals surface area contributed by atoms with Crippen molar-refractivity contribution in [2.24, 2.45) is 0 Å². The third-order valence-electron chi connectivity index (χ3n) is 6.14. The number of ether oxygens (including phenoxy) is 2. The Bertz CT molecular complexity index is 1120. The van der Waals surface area contributed by atoms with Crippen molar-refractivity contribution in [1.29, 1.82) is 0 Å². The monoisotopic (exact) mass is 512 g/mol. The second kappa shape index (κ2) is 11.3. The van der Waals surface area contributed by atoms with E-state index in [-0.39, 0.29) is 24.8 Å². The lowest BCUT2D eigenvalue weighted by molar-refractivity contribution is 0.0220. The molecule has 1 atom stereocenters. The summed E-state index contributed by atoms with van der Waals surface area (Å²) in [5.41, 5.74) is 2.56. The van der Waals surface area contributed by atoms with Gasteiger partial charge in [-0.1, -0.05) is 0 Å². The molecule has 3 amide bonds. The van der Waals surface area contributed by atoms with Gasteiger partial charge in [0.2, 0.25) is 0 Å². The quantitative estimate of drug-likeness (QED) is 0.558. The van der Waals surface area contributed by atoms with E-state index in [0.717, 1.165) is 22.6 Å². The maximum atomic E-state index is 12.8. The van der Waals surface area contributed by atoms with Crippen LogP contribution in [0.4, 0.5) is 21.1 Å². The molecule has 0 aliphatic carbocycles. The zero-order chi connectivity index (χ0) is 26.6. The second-order valence-corrected chi connectivity index (χ2v) is 10.1. The standard InChI is InChI=1S/C26H36N6O5/c1-5-27-24(34)28-18-8-6-17(7-9-18)22-29-21-14-31(25(35)37-26(2,3)4)11-10-20(21)23(30-22)32-12-13-36-16-19(32)15-33/h6-9,19,33H,5,10-16H2,1-4H3,(H2,27,28,34). The number of aliphatic hydroxyl groups excluding tert-OH is 1. The number of amides is 3. The maximum absolute atomic E-state index is 12.8. The summed E-state index contributed by atoms with van der Waals surface area (Å²) in [6.07, 6.45) is 0.204. The first-order valence-corrected chi connectivity index (χ1v) is 12.7. The Balaban J connectivity index is 1.68. The van der Waals surface area contributed by atoms with E-state index in [1.807, 2.05) is 39.8 Å². The lowest BCUT2D eigenvalue weighted by Gasteiger charge is -2.38. The van der Waals surface area contributed by atoms with Crippen LogP contribution in [0.2, 0.25) is 0 Å². The van der Waals surface area contributed by atoms with E-state index in [0.29, 0.717) is 57.3 Å². The number of nitrogens with one attached hydrogen (secondary N) is 2. The highest BCUT2D eigenvalue weighted by molar-refractivity contribution is 5.89. The zero-order valence-electron chi connectivity index (χ0n) is 21.9. The van der Waals surface area contributed by atoms with Gasteiger partial charge >= 0.3 is 12.1 Å². The normalized spacial score (nSPS) is 17.7. The summed E-state index contributed by atoms with van der Waals surface area (Å²) in [4.78, 5) is 38.2. The van der Waals surface area contributed by atoms with Crippen molar-refractivity contribution < 1.29 is 24.2 Å². The fourth-order valence-electron chi connectivity index (χ4n) is 4.38. The lowest BCUT2D eigenvalue weighted by Crippen LogP contribution is -2.49. The predicted molar refractivity (Wildman–Crippen MR) is 140 cm³/mol. The Morgan fingerprint density at radius 2 is 1.95 bits per heavy atom. The Kier molecular flexibility index (Phi) is 8.13. The minimum absolute atomic E-state index is 0.0572. The van der Waals surface area contributed by atoms with Gasteiger partial charge in [-0.05, 0) is 58.4 Å². The maximum Gasteiger partial charge on any atom is 0.410 e. The Labute approximate surface area is 217 Å². The molecule has 0 bridgehead atoms. The fourth-order valence-corrected chi connectivity index (χ4v) is 4.38. The van der Waals surface area contributed by atoms with Gasteiger partial charge in [-0.25, -0.2) is 19.6 Å². The molecule has 0 spiro atoms. The first-order chi connectivity index (χ1) is 17.7. The average molecular weight is 513 g/mol. The largest absolute Gasteiger partial charge is 0.444 e. The van der Waals surface area contributed by atoms with Crippen molar-refractivity contribution in [2.45, 2.75) is 52.3 Å². The Morgan fingerprint density at radius 3 is 2.62 bits per heavy atom. The number of hydrogen-bond donors (Lipinski definition) is 3. The van der Waals surface area contributed by atoms with Crippen LogP contribution in [0.5, 0.6) is 0 Å². The van der Waals surface area contributed by atoms with Crippen LogP contribution in [-0.4, -0.2) is 83.2 Å². The van der Waals surface area contributed by atoms with Crippen LogP contribution in [0.1, 0.15) is 39.0 Å². The number of aliphatic hydroxyl groups is 1. The average Bonchev–Trinajstić information content (AvgIpc) is 2.87. The summed E-state index contributed by atoms with van der Waals surface area (Å²) in [6, 6.07) is 6.81. The highest BCUT2D eigenvalue weighted by Gasteiger charge is 2.32. The van der Waals surface area contributed by atoms with Gasteiger partial charge in [0.15, 0.2) is 5.82 Å². The molecule has 1 unspecified atom stereocenters. The molecule has 2 aliphatic heterocycles. The van der Waals surface area contributed by atoms with E-state index in [1.165, 1.54) is 0 Å². The van der Waals surface area contributed by atoms with Crippen LogP contribution in [0.3, 0.4) is 0 Å². The second-order valence-electron chi connectivity index (χ2n) is 10.1. The van der Waals surface area contributed by atoms with E-state index in [4.69, 9.17) is 19.4 Å². The number of carbonyl (C=O) groups is 2. The topological polar surface area (TPSA) is 129 Å². The van der Waals surface area contributed by atoms with Gasteiger partial charge in [0.05, 0.1) is 38.1 Å². The van der Waals surface area contributed by atoms with Crippen molar-refractivity contribution in [3.63, 3.8) is 0 Å². The minimum atomic E-state index is -0.592. The SMILES string of the molecule is CCNC(=O)Nc1ccc(-c2nc3c(c(N4CCOCC4CO)n2)CCN(C(=O)OC(C)(C)C)C3)cc1. The van der Waals surface area contributed by atoms with Crippen LogP contribution < -0.4 is 15.5 Å². The molecule has 3 heterocycles. The smallest absolute Gasteiger partial charge is 0.410 e. The van der Waals surface area contributed by atoms with Gasteiger partial charge in [-0.3, -0.25) is 0 Å². The van der Waals surface area contributed by atoms with Crippen LogP contribution >= 0.6 is 0 Å². The number of benzene rings is 1. The molecule has 11 heteroatoms. The van der Waals surface area contributed by atoms with Gasteiger partial charge in [0.25, 0.3) is 0 Å². The first kappa shape index (κ1) is 26.6. The van der Waals surface area contributed by atoms with Crippen LogP contribution in [0, 0.1) is 0 Å². The highest BCUT2D eigenvalue weighted by atomic mass is 16.6. The number of fused-ring (bicyclic) bond motifs is 1. The van der Waals surface area contributed by atoms with Gasteiger partial charge in [-0.15, -0.1) is 0 Å². The number of anilines is 2. The molecule has 0 radical (unpaired) electrons. The molecule has 1 saturated heterocycles. The number of urea groups is 1. The Morgan fingerprint density at radius 1 is 1.19 bits per heavy atom. The summed E-state index contributed by atoms with van der Waals surface area (Å²) < 4.78 is 11.2. The molecule has 3 N–H and O–H groups in total. The summed E-state index contributed by atoms with van der Waals surface area (Å²) >= 11 is 0. The molecule has 4 rings (SSSR count). The fraction of sp³-hybridized carbons (Fsp3) is 0.538. The number of carbonyl (C=O) groups excluding carboxylic acids is 2. The lowest BCUT2D eigenvalue weighted by atomic mass is 10.0. The minimum Gasteiger partial charge on any atom is -0.444 e. The third kappa shape index (κ3) is 6.47. The van der Waals surface area contributed by atoms with Crippen molar-refractivity contribution in [3.8, 4) is 11.4 Å². The molecular weight excluding hydrogens is 476 g/mol. The summed E-state index contributed by atoms with van der Waals surface area (Å²) in [6.45, 7) is 10.2. The van der Waals surface area contributed by atoms with Crippen molar-refractivity contribution in [1.82, 2.24) is 20.2 Å². The van der Waals surface area contributed by atoms with Crippen LogP contribution in [0.25, 0.3) is 11.4 Å². The number of aromatic nitrogens is 2. The van der Waals surface area contributed by atoms with Gasteiger partial charge < -0.3 is 35.0 Å². The molecule has 1 fully saturated rings. The molecule has 2 aromatic rings. The molecular formula is C26H36N6O5. The molecule has 1 aromatic carbocycles. The van der Waals surface area contributed by atoms with Crippen molar-refractivity contribution >= 4 is 23.6 Å². The van der Waals surface area contributed by atoms with E-state index >= 15 is 0 Å². The summed E-state index contributed by atoms with van der Waals surface area (Å²) in [7, 11) is 0. The van der Waals surface area contributed by atoms with E-state index in [1.54, 1.807) is 17.0 Å². The van der Waals surface area contributed by atoms with E-state index in [2.05, 4.69) is 15.5 Å². The Hall–Kier alpha value is -3.44. The molecule has 37 heavy (non-hydrogen) atoms. The van der Waals surface area contributed by atoms with E-state index in [9.17, 15) is 14.7 Å².